The maximum Gasteiger partial charge on any atom is 0.266 e. The lowest BCUT2D eigenvalue weighted by Gasteiger charge is -2.35. The number of para-hydroxylation sites is 2. The van der Waals surface area contributed by atoms with Crippen molar-refractivity contribution in [2.75, 3.05) is 36.8 Å². The van der Waals surface area contributed by atoms with Gasteiger partial charge in [0.1, 0.15) is 5.82 Å². The predicted octanol–water partition coefficient (Wildman–Crippen LogP) is 3.84. The monoisotopic (exact) mass is 485 g/mol. The maximum absolute atomic E-state index is 13.6. The van der Waals surface area contributed by atoms with E-state index in [-0.39, 0.29) is 17.2 Å². The van der Waals surface area contributed by atoms with Crippen LogP contribution < -0.4 is 10.5 Å². The fourth-order valence-electron chi connectivity index (χ4n) is 4.51. The zero-order chi connectivity index (χ0) is 24.4. The highest BCUT2D eigenvalue weighted by molar-refractivity contribution is 7.99. The SMILES string of the molecule is Cc1cccc(C)c1-n1c(SCC(=O)N2CCN(c3ccccn3)CC2)nc2ccccc2c1=O. The zero-order valence-corrected chi connectivity index (χ0v) is 20.7. The standard InChI is InChI=1S/C27H27N5O2S/c1-19-8-7-9-20(2)25(19)32-26(34)21-10-3-4-11-22(21)29-27(32)35-18-24(33)31-16-14-30(15-17-31)23-12-5-6-13-28-23/h3-13H,14-18H2,1-2H3. The third-order valence-electron chi connectivity index (χ3n) is 6.34. The Hall–Kier alpha value is -3.65. The van der Waals surface area contributed by atoms with E-state index in [9.17, 15) is 9.59 Å². The summed E-state index contributed by atoms with van der Waals surface area (Å²) in [5, 5.41) is 1.10. The second-order valence-corrected chi connectivity index (χ2v) is 9.58. The second-order valence-electron chi connectivity index (χ2n) is 8.64. The Balaban J connectivity index is 1.39. The molecular weight excluding hydrogens is 458 g/mol. The number of thioether (sulfide) groups is 1. The van der Waals surface area contributed by atoms with Crippen molar-refractivity contribution in [1.29, 1.82) is 0 Å². The molecule has 178 valence electrons. The van der Waals surface area contributed by atoms with Gasteiger partial charge in [-0.2, -0.15) is 0 Å². The number of piperazine rings is 1. The highest BCUT2D eigenvalue weighted by Gasteiger charge is 2.23. The number of pyridine rings is 1. The molecule has 0 N–H and O–H groups in total. The van der Waals surface area contributed by atoms with E-state index >= 15 is 0 Å². The molecule has 35 heavy (non-hydrogen) atoms. The summed E-state index contributed by atoms with van der Waals surface area (Å²) in [6.45, 7) is 6.76. The van der Waals surface area contributed by atoms with Crippen molar-refractivity contribution in [3.8, 4) is 5.69 Å². The molecule has 4 aromatic rings. The van der Waals surface area contributed by atoms with Crippen molar-refractivity contribution in [2.45, 2.75) is 19.0 Å². The molecule has 1 amide bonds. The summed E-state index contributed by atoms with van der Waals surface area (Å²) in [7, 11) is 0. The molecule has 0 saturated carbocycles. The largest absolute Gasteiger partial charge is 0.353 e. The summed E-state index contributed by atoms with van der Waals surface area (Å²) in [4.78, 5) is 40.0. The molecule has 0 unspecified atom stereocenters. The van der Waals surface area contributed by atoms with Crippen molar-refractivity contribution in [3.63, 3.8) is 0 Å². The topological polar surface area (TPSA) is 71.3 Å². The van der Waals surface area contributed by atoms with Crippen LogP contribution in [-0.2, 0) is 4.79 Å². The lowest BCUT2D eigenvalue weighted by atomic mass is 10.1. The molecule has 0 aliphatic carbocycles. The number of hydrogen-bond donors (Lipinski definition) is 0. The average Bonchev–Trinajstić information content (AvgIpc) is 2.89. The number of nitrogens with zero attached hydrogens (tertiary/aromatic N) is 5. The van der Waals surface area contributed by atoms with Crippen molar-refractivity contribution in [2.24, 2.45) is 0 Å². The number of hydrogen-bond acceptors (Lipinski definition) is 6. The van der Waals surface area contributed by atoms with Crippen LogP contribution in [-0.4, -0.2) is 57.3 Å². The minimum Gasteiger partial charge on any atom is -0.353 e. The zero-order valence-electron chi connectivity index (χ0n) is 19.8. The van der Waals surface area contributed by atoms with Gasteiger partial charge in [-0.1, -0.05) is 48.2 Å². The van der Waals surface area contributed by atoms with Gasteiger partial charge >= 0.3 is 0 Å². The van der Waals surface area contributed by atoms with Gasteiger partial charge in [0.15, 0.2) is 5.16 Å². The number of aromatic nitrogens is 3. The highest BCUT2D eigenvalue weighted by Crippen LogP contribution is 2.26. The highest BCUT2D eigenvalue weighted by atomic mass is 32.2. The summed E-state index contributed by atoms with van der Waals surface area (Å²) < 4.78 is 1.67. The summed E-state index contributed by atoms with van der Waals surface area (Å²) >= 11 is 1.32. The van der Waals surface area contributed by atoms with Gasteiger partial charge in [-0.3, -0.25) is 14.2 Å². The van der Waals surface area contributed by atoms with Crippen molar-refractivity contribution >= 4 is 34.4 Å². The van der Waals surface area contributed by atoms with Gasteiger partial charge in [0.05, 0.1) is 22.3 Å². The second kappa shape index (κ2) is 9.92. The van der Waals surface area contributed by atoms with Crippen LogP contribution in [0.4, 0.5) is 5.82 Å². The summed E-state index contributed by atoms with van der Waals surface area (Å²) in [6, 6.07) is 19.2. The Morgan fingerprint density at radius 2 is 1.63 bits per heavy atom. The first-order chi connectivity index (χ1) is 17.0. The van der Waals surface area contributed by atoms with Crippen LogP contribution in [0.2, 0.25) is 0 Å². The van der Waals surface area contributed by atoms with Crippen LogP contribution >= 0.6 is 11.8 Å². The average molecular weight is 486 g/mol. The number of carbonyl (C=O) groups is 1. The number of benzene rings is 2. The molecule has 8 heteroatoms. The van der Waals surface area contributed by atoms with E-state index in [0.29, 0.717) is 29.1 Å². The van der Waals surface area contributed by atoms with Crippen LogP contribution in [0.3, 0.4) is 0 Å². The Morgan fingerprint density at radius 1 is 0.914 bits per heavy atom. The Kier molecular flexibility index (Phi) is 6.55. The molecule has 3 heterocycles. The van der Waals surface area contributed by atoms with Gasteiger partial charge < -0.3 is 9.80 Å². The van der Waals surface area contributed by atoms with Gasteiger partial charge in [-0.05, 0) is 49.2 Å². The molecule has 2 aromatic heterocycles. The van der Waals surface area contributed by atoms with Gasteiger partial charge in [0.2, 0.25) is 5.91 Å². The number of rotatable bonds is 5. The minimum absolute atomic E-state index is 0.0473. The summed E-state index contributed by atoms with van der Waals surface area (Å²) in [6.07, 6.45) is 1.79. The van der Waals surface area contributed by atoms with Crippen LogP contribution in [0, 0.1) is 13.8 Å². The van der Waals surface area contributed by atoms with E-state index in [1.807, 2.05) is 73.3 Å². The molecule has 2 aromatic carbocycles. The predicted molar refractivity (Wildman–Crippen MR) is 141 cm³/mol. The molecular formula is C27H27N5O2S. The van der Waals surface area contributed by atoms with Crippen molar-refractivity contribution in [1.82, 2.24) is 19.4 Å². The van der Waals surface area contributed by atoms with Crippen LogP contribution in [0.15, 0.2) is 76.8 Å². The van der Waals surface area contributed by atoms with Gasteiger partial charge in [-0.25, -0.2) is 9.97 Å². The molecule has 0 spiro atoms. The summed E-state index contributed by atoms with van der Waals surface area (Å²) in [5.41, 5.74) is 3.33. The summed E-state index contributed by atoms with van der Waals surface area (Å²) in [5.74, 6) is 1.21. The molecule has 1 saturated heterocycles. The quantitative estimate of drug-likeness (QED) is 0.316. The number of carbonyl (C=O) groups excluding carboxylic acids is 1. The van der Waals surface area contributed by atoms with Gasteiger partial charge in [0, 0.05) is 32.4 Å². The van der Waals surface area contributed by atoms with E-state index in [2.05, 4.69) is 9.88 Å². The van der Waals surface area contributed by atoms with Crippen molar-refractivity contribution in [3.05, 3.63) is 88.3 Å². The van der Waals surface area contributed by atoms with Crippen LogP contribution in [0.5, 0.6) is 0 Å². The number of fused-ring (bicyclic) bond motifs is 1. The Morgan fingerprint density at radius 3 is 2.34 bits per heavy atom. The third-order valence-corrected chi connectivity index (χ3v) is 7.26. The first-order valence-corrected chi connectivity index (χ1v) is 12.7. The minimum atomic E-state index is -0.119. The van der Waals surface area contributed by atoms with Crippen LogP contribution in [0.25, 0.3) is 16.6 Å². The lowest BCUT2D eigenvalue weighted by molar-refractivity contribution is -0.128. The van der Waals surface area contributed by atoms with E-state index in [1.54, 1.807) is 16.8 Å². The molecule has 1 fully saturated rings. The molecule has 1 aliphatic rings. The number of amides is 1. The van der Waals surface area contributed by atoms with Crippen LogP contribution in [0.1, 0.15) is 11.1 Å². The third kappa shape index (κ3) is 4.66. The van der Waals surface area contributed by atoms with E-state index in [4.69, 9.17) is 4.98 Å². The first-order valence-electron chi connectivity index (χ1n) is 11.7. The Bertz CT molecular complexity index is 1410. The fraction of sp³-hybridized carbons (Fsp3) is 0.259. The smallest absolute Gasteiger partial charge is 0.266 e. The first kappa shape index (κ1) is 23.1. The molecule has 7 nitrogen and oxygen atoms in total. The number of aryl methyl sites for hydroxylation is 2. The Labute approximate surface area is 208 Å². The molecule has 1 aliphatic heterocycles. The normalized spacial score (nSPS) is 13.9. The molecule has 5 rings (SSSR count). The number of anilines is 1. The van der Waals surface area contributed by atoms with Crippen molar-refractivity contribution < 1.29 is 4.79 Å². The van der Waals surface area contributed by atoms with Gasteiger partial charge in [0.25, 0.3) is 5.56 Å². The van der Waals surface area contributed by atoms with Gasteiger partial charge in [-0.15, -0.1) is 0 Å². The van der Waals surface area contributed by atoms with E-state index in [1.165, 1.54) is 11.8 Å². The lowest BCUT2D eigenvalue weighted by Crippen LogP contribution is -2.49. The molecule has 0 atom stereocenters. The maximum atomic E-state index is 13.6. The van der Waals surface area contributed by atoms with E-state index in [0.717, 1.165) is 35.7 Å². The van der Waals surface area contributed by atoms with E-state index < -0.39 is 0 Å². The molecule has 0 bridgehead atoms. The molecule has 0 radical (unpaired) electrons. The fourth-order valence-corrected chi connectivity index (χ4v) is 5.41.